The van der Waals surface area contributed by atoms with E-state index >= 15 is 0 Å². The Morgan fingerprint density at radius 2 is 2.12 bits per heavy atom. The van der Waals surface area contributed by atoms with Crippen molar-refractivity contribution in [2.75, 3.05) is 13.1 Å². The molecule has 2 rings (SSSR count). The molecule has 2 atom stereocenters. The smallest absolute Gasteiger partial charge is 0.0239 e. The van der Waals surface area contributed by atoms with Crippen molar-refractivity contribution >= 4 is 0 Å². The predicted molar refractivity (Wildman–Crippen MR) is 68.2 cm³/mol. The molecule has 1 saturated heterocycles. The maximum Gasteiger partial charge on any atom is 0.0239 e. The molecule has 0 amide bonds. The van der Waals surface area contributed by atoms with Crippen LogP contribution < -0.4 is 5.73 Å². The highest BCUT2D eigenvalue weighted by Gasteiger charge is 2.27. The molecule has 2 unspecified atom stereocenters. The van der Waals surface area contributed by atoms with Gasteiger partial charge in [0.1, 0.15) is 0 Å². The topological polar surface area (TPSA) is 29.3 Å². The molecule has 0 saturated carbocycles. The number of hydrogen-bond acceptors (Lipinski definition) is 2. The Morgan fingerprint density at radius 1 is 1.38 bits per heavy atom. The summed E-state index contributed by atoms with van der Waals surface area (Å²) in [5, 5.41) is 0. The van der Waals surface area contributed by atoms with Gasteiger partial charge in [0.2, 0.25) is 0 Å². The number of rotatable bonds is 3. The highest BCUT2D eigenvalue weighted by molar-refractivity contribution is 5.25. The Morgan fingerprint density at radius 3 is 2.75 bits per heavy atom. The van der Waals surface area contributed by atoms with Gasteiger partial charge in [-0.05, 0) is 43.9 Å². The van der Waals surface area contributed by atoms with Gasteiger partial charge in [-0.25, -0.2) is 0 Å². The summed E-state index contributed by atoms with van der Waals surface area (Å²) in [6.45, 7) is 7.56. The van der Waals surface area contributed by atoms with E-state index < -0.39 is 0 Å². The molecular weight excluding hydrogens is 196 g/mol. The number of nitrogens with zero attached hydrogens (tertiary/aromatic N) is 1. The summed E-state index contributed by atoms with van der Waals surface area (Å²) in [5.41, 5.74) is 8.60. The highest BCUT2D eigenvalue weighted by Crippen LogP contribution is 2.24. The second-order valence-electron chi connectivity index (χ2n) is 5.04. The van der Waals surface area contributed by atoms with Crippen LogP contribution in [-0.2, 0) is 6.54 Å². The fourth-order valence-electron chi connectivity index (χ4n) is 2.62. The standard InChI is InChI=1S/C14H22N2/c1-11-5-3-4-6-14(11)10-16-9-13(8-15)7-12(16)2/h3-6,12-13H,7-10,15H2,1-2H3. The molecule has 2 nitrogen and oxygen atoms in total. The molecule has 16 heavy (non-hydrogen) atoms. The molecule has 1 fully saturated rings. The van der Waals surface area contributed by atoms with Crippen LogP contribution in [0.4, 0.5) is 0 Å². The summed E-state index contributed by atoms with van der Waals surface area (Å²) in [6.07, 6.45) is 1.25. The van der Waals surface area contributed by atoms with Crippen LogP contribution in [0.25, 0.3) is 0 Å². The Balaban J connectivity index is 2.03. The van der Waals surface area contributed by atoms with Crippen LogP contribution >= 0.6 is 0 Å². The maximum atomic E-state index is 5.75. The highest BCUT2D eigenvalue weighted by atomic mass is 15.2. The van der Waals surface area contributed by atoms with Gasteiger partial charge >= 0.3 is 0 Å². The van der Waals surface area contributed by atoms with Gasteiger partial charge in [-0.2, -0.15) is 0 Å². The Bertz CT molecular complexity index is 348. The van der Waals surface area contributed by atoms with Crippen LogP contribution in [0.5, 0.6) is 0 Å². The van der Waals surface area contributed by atoms with Crippen molar-refractivity contribution in [3.05, 3.63) is 35.4 Å². The van der Waals surface area contributed by atoms with Gasteiger partial charge in [0.15, 0.2) is 0 Å². The molecular formula is C14H22N2. The van der Waals surface area contributed by atoms with Crippen molar-refractivity contribution in [1.29, 1.82) is 0 Å². The SMILES string of the molecule is Cc1ccccc1CN1CC(CN)CC1C. The summed E-state index contributed by atoms with van der Waals surface area (Å²) in [7, 11) is 0. The first kappa shape index (κ1) is 11.6. The first-order chi connectivity index (χ1) is 7.70. The molecule has 0 aromatic heterocycles. The maximum absolute atomic E-state index is 5.75. The van der Waals surface area contributed by atoms with Crippen molar-refractivity contribution in [3.63, 3.8) is 0 Å². The normalized spacial score (nSPS) is 26.2. The molecule has 1 aromatic carbocycles. The lowest BCUT2D eigenvalue weighted by atomic mass is 10.1. The van der Waals surface area contributed by atoms with E-state index in [1.54, 1.807) is 0 Å². The van der Waals surface area contributed by atoms with Gasteiger partial charge in [0.25, 0.3) is 0 Å². The quantitative estimate of drug-likeness (QED) is 0.842. The van der Waals surface area contributed by atoms with E-state index in [1.807, 2.05) is 0 Å². The van der Waals surface area contributed by atoms with Gasteiger partial charge in [-0.3, -0.25) is 4.90 Å². The fraction of sp³-hybridized carbons (Fsp3) is 0.571. The second-order valence-corrected chi connectivity index (χ2v) is 5.04. The van der Waals surface area contributed by atoms with Crippen LogP contribution in [0.15, 0.2) is 24.3 Å². The molecule has 0 radical (unpaired) electrons. The molecule has 1 aliphatic rings. The first-order valence-corrected chi connectivity index (χ1v) is 6.19. The summed E-state index contributed by atoms with van der Waals surface area (Å²) < 4.78 is 0. The van der Waals surface area contributed by atoms with Gasteiger partial charge in [-0.15, -0.1) is 0 Å². The number of hydrogen-bond donors (Lipinski definition) is 1. The molecule has 1 heterocycles. The van der Waals surface area contributed by atoms with E-state index in [9.17, 15) is 0 Å². The Hall–Kier alpha value is -0.860. The summed E-state index contributed by atoms with van der Waals surface area (Å²) in [4.78, 5) is 2.56. The van der Waals surface area contributed by atoms with Crippen molar-refractivity contribution in [2.24, 2.45) is 11.7 Å². The number of nitrogens with two attached hydrogens (primary N) is 1. The van der Waals surface area contributed by atoms with Gasteiger partial charge in [0, 0.05) is 19.1 Å². The van der Waals surface area contributed by atoms with Crippen LogP contribution in [0, 0.1) is 12.8 Å². The average molecular weight is 218 g/mol. The molecule has 2 N–H and O–H groups in total. The first-order valence-electron chi connectivity index (χ1n) is 6.19. The van der Waals surface area contributed by atoms with Crippen molar-refractivity contribution < 1.29 is 0 Å². The zero-order chi connectivity index (χ0) is 11.5. The lowest BCUT2D eigenvalue weighted by Gasteiger charge is -2.22. The lowest BCUT2D eigenvalue weighted by Crippen LogP contribution is -2.27. The molecule has 1 aromatic rings. The Labute approximate surface area is 98.4 Å². The van der Waals surface area contributed by atoms with E-state index in [0.29, 0.717) is 12.0 Å². The third-order valence-electron chi connectivity index (χ3n) is 3.76. The van der Waals surface area contributed by atoms with Gasteiger partial charge in [0.05, 0.1) is 0 Å². The summed E-state index contributed by atoms with van der Waals surface area (Å²) in [5.74, 6) is 0.694. The fourth-order valence-corrected chi connectivity index (χ4v) is 2.62. The van der Waals surface area contributed by atoms with E-state index in [-0.39, 0.29) is 0 Å². The van der Waals surface area contributed by atoms with Crippen LogP contribution in [0.1, 0.15) is 24.5 Å². The Kier molecular flexibility index (Phi) is 3.62. The number of benzene rings is 1. The van der Waals surface area contributed by atoms with Gasteiger partial charge < -0.3 is 5.73 Å². The molecule has 1 aliphatic heterocycles. The van der Waals surface area contributed by atoms with Gasteiger partial charge in [-0.1, -0.05) is 24.3 Å². The van der Waals surface area contributed by atoms with Crippen molar-refractivity contribution in [2.45, 2.75) is 32.9 Å². The zero-order valence-electron chi connectivity index (χ0n) is 10.3. The zero-order valence-corrected chi connectivity index (χ0v) is 10.3. The summed E-state index contributed by atoms with van der Waals surface area (Å²) in [6, 6.07) is 9.33. The minimum atomic E-state index is 0.674. The lowest BCUT2D eigenvalue weighted by molar-refractivity contribution is 0.255. The third kappa shape index (κ3) is 2.45. The minimum absolute atomic E-state index is 0.674. The second kappa shape index (κ2) is 4.98. The van der Waals surface area contributed by atoms with Crippen molar-refractivity contribution in [3.8, 4) is 0 Å². The molecule has 88 valence electrons. The minimum Gasteiger partial charge on any atom is -0.330 e. The monoisotopic (exact) mass is 218 g/mol. The molecule has 0 bridgehead atoms. The van der Waals surface area contributed by atoms with Crippen LogP contribution in [0.2, 0.25) is 0 Å². The predicted octanol–water partition coefficient (Wildman–Crippen LogP) is 2.16. The van der Waals surface area contributed by atoms with E-state index in [2.05, 4.69) is 43.0 Å². The summed E-state index contributed by atoms with van der Waals surface area (Å²) >= 11 is 0. The van der Waals surface area contributed by atoms with E-state index in [0.717, 1.165) is 19.6 Å². The van der Waals surface area contributed by atoms with E-state index in [1.165, 1.54) is 17.5 Å². The molecule has 0 aliphatic carbocycles. The third-order valence-corrected chi connectivity index (χ3v) is 3.76. The average Bonchev–Trinajstić information content (AvgIpc) is 2.63. The van der Waals surface area contributed by atoms with Crippen LogP contribution in [-0.4, -0.2) is 24.0 Å². The van der Waals surface area contributed by atoms with Crippen LogP contribution in [0.3, 0.4) is 0 Å². The molecule has 0 spiro atoms. The largest absolute Gasteiger partial charge is 0.330 e. The molecule has 2 heteroatoms. The number of aryl methyl sites for hydroxylation is 1. The van der Waals surface area contributed by atoms with E-state index in [4.69, 9.17) is 5.73 Å². The van der Waals surface area contributed by atoms with Crippen molar-refractivity contribution in [1.82, 2.24) is 4.90 Å². The number of likely N-dealkylation sites (tertiary alicyclic amines) is 1.